The van der Waals surface area contributed by atoms with Crippen molar-refractivity contribution in [3.8, 4) is 0 Å². The van der Waals surface area contributed by atoms with Gasteiger partial charge in [0.2, 0.25) is 5.95 Å². The molecule has 106 valence electrons. The average Bonchev–Trinajstić information content (AvgIpc) is 2.65. The molecule has 1 aliphatic rings. The average molecular weight is 263 g/mol. The molecule has 1 aromatic heterocycles. The number of hydrogen-bond donors (Lipinski definition) is 1. The lowest BCUT2D eigenvalue weighted by Gasteiger charge is -2.20. The van der Waals surface area contributed by atoms with Gasteiger partial charge >= 0.3 is 0 Å². The predicted molar refractivity (Wildman–Crippen MR) is 78.4 cm³/mol. The van der Waals surface area contributed by atoms with E-state index in [1.54, 1.807) is 0 Å². The van der Waals surface area contributed by atoms with Gasteiger partial charge in [-0.25, -0.2) is 9.97 Å². The van der Waals surface area contributed by atoms with Crippen molar-refractivity contribution in [1.82, 2.24) is 20.2 Å². The summed E-state index contributed by atoms with van der Waals surface area (Å²) in [4.78, 5) is 13.7. The molecule has 0 aromatic carbocycles. The molecular formula is C14H25N5. The first kappa shape index (κ1) is 14.2. The van der Waals surface area contributed by atoms with Crippen molar-refractivity contribution >= 4 is 5.95 Å². The number of nitrogens with one attached hydrogen (secondary N) is 1. The highest BCUT2D eigenvalue weighted by Crippen LogP contribution is 2.10. The van der Waals surface area contributed by atoms with Crippen LogP contribution in [0.1, 0.15) is 25.3 Å². The van der Waals surface area contributed by atoms with Crippen molar-refractivity contribution in [2.75, 3.05) is 44.7 Å². The Morgan fingerprint density at radius 1 is 1.16 bits per heavy atom. The minimum absolute atomic E-state index is 0.858. The van der Waals surface area contributed by atoms with Crippen molar-refractivity contribution in [1.29, 1.82) is 0 Å². The topological polar surface area (TPSA) is 44.3 Å². The molecule has 0 unspecified atom stereocenters. The fraction of sp³-hybridized carbons (Fsp3) is 0.714. The summed E-state index contributed by atoms with van der Waals surface area (Å²) in [7, 11) is 2.17. The van der Waals surface area contributed by atoms with Gasteiger partial charge in [0, 0.05) is 44.1 Å². The van der Waals surface area contributed by atoms with Gasteiger partial charge in [-0.05, 0) is 33.0 Å². The van der Waals surface area contributed by atoms with E-state index in [-0.39, 0.29) is 0 Å². The van der Waals surface area contributed by atoms with Gasteiger partial charge in [-0.3, -0.25) is 0 Å². The quantitative estimate of drug-likeness (QED) is 0.807. The Morgan fingerprint density at radius 2 is 1.95 bits per heavy atom. The number of rotatable bonds is 5. The van der Waals surface area contributed by atoms with E-state index >= 15 is 0 Å². The fourth-order valence-corrected chi connectivity index (χ4v) is 2.26. The van der Waals surface area contributed by atoms with Crippen molar-refractivity contribution in [2.45, 2.75) is 26.3 Å². The van der Waals surface area contributed by atoms with Crippen LogP contribution in [0.25, 0.3) is 0 Å². The summed E-state index contributed by atoms with van der Waals surface area (Å²) in [5.41, 5.74) is 1.16. The fourth-order valence-electron chi connectivity index (χ4n) is 2.26. The van der Waals surface area contributed by atoms with Crippen molar-refractivity contribution in [2.24, 2.45) is 0 Å². The highest BCUT2D eigenvalue weighted by Gasteiger charge is 2.14. The van der Waals surface area contributed by atoms with E-state index in [9.17, 15) is 0 Å². The zero-order valence-corrected chi connectivity index (χ0v) is 12.1. The summed E-state index contributed by atoms with van der Waals surface area (Å²) in [6.45, 7) is 8.39. The maximum atomic E-state index is 4.50. The molecule has 0 saturated carbocycles. The molecule has 1 aromatic rings. The third kappa shape index (κ3) is 4.44. The number of aromatic nitrogens is 2. The Labute approximate surface area is 116 Å². The second-order valence-corrected chi connectivity index (χ2v) is 5.21. The van der Waals surface area contributed by atoms with Gasteiger partial charge in [-0.2, -0.15) is 0 Å². The SMILES string of the molecule is CCCNCc1cnc(N2CCCN(C)CC2)nc1. The van der Waals surface area contributed by atoms with Gasteiger partial charge in [-0.15, -0.1) is 0 Å². The van der Waals surface area contributed by atoms with Gasteiger partial charge in [0.05, 0.1) is 0 Å². The summed E-state index contributed by atoms with van der Waals surface area (Å²) in [5, 5.41) is 3.37. The normalized spacial score (nSPS) is 17.5. The maximum Gasteiger partial charge on any atom is 0.225 e. The molecule has 0 spiro atoms. The molecule has 5 heteroatoms. The van der Waals surface area contributed by atoms with E-state index in [0.29, 0.717) is 0 Å². The Balaban J connectivity index is 1.90. The largest absolute Gasteiger partial charge is 0.339 e. The van der Waals surface area contributed by atoms with Gasteiger partial charge in [0.1, 0.15) is 0 Å². The molecule has 2 heterocycles. The molecule has 2 rings (SSSR count). The molecule has 1 N–H and O–H groups in total. The second-order valence-electron chi connectivity index (χ2n) is 5.21. The molecule has 5 nitrogen and oxygen atoms in total. The molecule has 0 bridgehead atoms. The first-order valence-corrected chi connectivity index (χ1v) is 7.24. The van der Waals surface area contributed by atoms with Crippen LogP contribution in [0.4, 0.5) is 5.95 Å². The van der Waals surface area contributed by atoms with Crippen LogP contribution in [0.15, 0.2) is 12.4 Å². The number of hydrogen-bond acceptors (Lipinski definition) is 5. The highest BCUT2D eigenvalue weighted by molar-refractivity contribution is 5.30. The standard InChI is InChI=1S/C14H25N5/c1-3-5-15-10-13-11-16-14(17-12-13)19-7-4-6-18(2)8-9-19/h11-12,15H,3-10H2,1-2H3. The van der Waals surface area contributed by atoms with Crippen molar-refractivity contribution in [3.63, 3.8) is 0 Å². The van der Waals surface area contributed by atoms with E-state index in [1.807, 2.05) is 12.4 Å². The Kier molecular flexibility index (Phi) is 5.54. The molecule has 19 heavy (non-hydrogen) atoms. The first-order valence-electron chi connectivity index (χ1n) is 7.24. The molecule has 1 saturated heterocycles. The zero-order valence-electron chi connectivity index (χ0n) is 12.1. The van der Waals surface area contributed by atoms with Gasteiger partial charge in [-0.1, -0.05) is 6.92 Å². The third-order valence-electron chi connectivity index (χ3n) is 3.45. The molecule has 1 aliphatic heterocycles. The number of anilines is 1. The van der Waals surface area contributed by atoms with E-state index < -0.39 is 0 Å². The molecule has 0 aliphatic carbocycles. The lowest BCUT2D eigenvalue weighted by atomic mass is 10.3. The molecule has 0 amide bonds. The third-order valence-corrected chi connectivity index (χ3v) is 3.45. The summed E-state index contributed by atoms with van der Waals surface area (Å²) < 4.78 is 0. The van der Waals surface area contributed by atoms with Crippen LogP contribution < -0.4 is 10.2 Å². The lowest BCUT2D eigenvalue weighted by molar-refractivity contribution is 0.360. The monoisotopic (exact) mass is 263 g/mol. The van der Waals surface area contributed by atoms with E-state index in [2.05, 4.69) is 39.1 Å². The Morgan fingerprint density at radius 3 is 2.68 bits per heavy atom. The van der Waals surface area contributed by atoms with E-state index in [1.165, 1.54) is 6.42 Å². The summed E-state index contributed by atoms with van der Waals surface area (Å²) in [6.07, 6.45) is 6.22. The molecule has 0 atom stereocenters. The van der Waals surface area contributed by atoms with Crippen LogP contribution >= 0.6 is 0 Å². The van der Waals surface area contributed by atoms with Crippen molar-refractivity contribution < 1.29 is 0 Å². The van der Waals surface area contributed by atoms with Crippen LogP contribution in [0.2, 0.25) is 0 Å². The maximum absolute atomic E-state index is 4.50. The van der Waals surface area contributed by atoms with Crippen LogP contribution in [0.3, 0.4) is 0 Å². The lowest BCUT2D eigenvalue weighted by Crippen LogP contribution is -2.30. The number of likely N-dealkylation sites (N-methyl/N-ethyl adjacent to an activating group) is 1. The van der Waals surface area contributed by atoms with E-state index in [0.717, 1.165) is 57.2 Å². The smallest absolute Gasteiger partial charge is 0.225 e. The van der Waals surface area contributed by atoms with Crippen LogP contribution in [0, 0.1) is 0 Å². The van der Waals surface area contributed by atoms with Crippen molar-refractivity contribution in [3.05, 3.63) is 18.0 Å². The van der Waals surface area contributed by atoms with Gasteiger partial charge < -0.3 is 15.1 Å². The highest BCUT2D eigenvalue weighted by atomic mass is 15.3. The Bertz CT molecular complexity index is 365. The Hall–Kier alpha value is -1.20. The number of nitrogens with zero attached hydrogens (tertiary/aromatic N) is 4. The van der Waals surface area contributed by atoms with Crippen LogP contribution in [0.5, 0.6) is 0 Å². The van der Waals surface area contributed by atoms with Gasteiger partial charge in [0.15, 0.2) is 0 Å². The molecular weight excluding hydrogens is 238 g/mol. The summed E-state index contributed by atoms with van der Waals surface area (Å²) in [5.74, 6) is 0.870. The minimum atomic E-state index is 0.858. The van der Waals surface area contributed by atoms with Crippen LogP contribution in [-0.4, -0.2) is 54.6 Å². The predicted octanol–water partition coefficient (Wildman–Crippen LogP) is 1.12. The molecule has 1 fully saturated rings. The second kappa shape index (κ2) is 7.40. The first-order chi connectivity index (χ1) is 9.29. The summed E-state index contributed by atoms with van der Waals surface area (Å²) in [6, 6.07) is 0. The zero-order chi connectivity index (χ0) is 13.5. The van der Waals surface area contributed by atoms with Gasteiger partial charge in [0.25, 0.3) is 0 Å². The van der Waals surface area contributed by atoms with Crippen LogP contribution in [-0.2, 0) is 6.54 Å². The molecule has 0 radical (unpaired) electrons. The summed E-state index contributed by atoms with van der Waals surface area (Å²) >= 11 is 0. The minimum Gasteiger partial charge on any atom is -0.339 e. The van der Waals surface area contributed by atoms with E-state index in [4.69, 9.17) is 0 Å².